The van der Waals surface area contributed by atoms with Gasteiger partial charge in [0, 0.05) is 0 Å². The molecule has 136 valence electrons. The van der Waals surface area contributed by atoms with Crippen LogP contribution in [0.1, 0.15) is 0 Å². The van der Waals surface area contributed by atoms with Gasteiger partial charge in [-0.05, 0) is 24.3 Å². The normalized spacial score (nSPS) is 11.7. The summed E-state index contributed by atoms with van der Waals surface area (Å²) in [4.78, 5) is 83.7. The molecule has 0 unspecified atom stereocenters. The first-order chi connectivity index (χ1) is 13.4. The highest BCUT2D eigenvalue weighted by atomic mass is 16.2. The van der Waals surface area contributed by atoms with Crippen LogP contribution in [-0.2, 0) is 0 Å². The molecule has 2 heterocycles. The van der Waals surface area contributed by atoms with Crippen molar-refractivity contribution in [3.8, 4) is 0 Å². The third-order valence-electron chi connectivity index (χ3n) is 4.67. The van der Waals surface area contributed by atoms with Crippen LogP contribution in [0.2, 0.25) is 0 Å². The molecule has 0 aliphatic rings. The van der Waals surface area contributed by atoms with E-state index in [4.69, 9.17) is 0 Å². The Labute approximate surface area is 150 Å². The number of fused-ring (bicyclic) bond motifs is 4. The SMILES string of the molecule is O=c1ccc2[nH]c3c(=O)c4[nH]c5c(=O)c(=O)ccc5[nH]c4c(=O)c3[nH]c2c1=O. The van der Waals surface area contributed by atoms with Crippen LogP contribution in [0, 0.1) is 0 Å². The lowest BCUT2D eigenvalue weighted by atomic mass is 10.2. The van der Waals surface area contributed by atoms with Crippen LogP contribution < -0.4 is 32.6 Å². The van der Waals surface area contributed by atoms with Gasteiger partial charge in [-0.25, -0.2) is 0 Å². The van der Waals surface area contributed by atoms with E-state index in [1.54, 1.807) is 0 Å². The van der Waals surface area contributed by atoms with Crippen molar-refractivity contribution < 1.29 is 0 Å². The highest BCUT2D eigenvalue weighted by molar-refractivity contribution is 5.96. The molecule has 5 rings (SSSR count). The summed E-state index contributed by atoms with van der Waals surface area (Å²) < 4.78 is 0. The van der Waals surface area contributed by atoms with E-state index in [-0.39, 0.29) is 44.1 Å². The summed E-state index contributed by atoms with van der Waals surface area (Å²) in [6.45, 7) is 0. The van der Waals surface area contributed by atoms with Crippen LogP contribution in [-0.4, -0.2) is 19.9 Å². The molecule has 0 bridgehead atoms. The fraction of sp³-hybridized carbons (Fsp3) is 0. The standard InChI is InChI=1S/C18H8N4O6/c23-7-3-1-5-9(15(7)25)21-13-11(19-5)17(27)14-12(18(13)28)20-6-2-4-8(24)16(26)10(6)22-14/h1-4,19-22H. The molecule has 5 aromatic rings. The summed E-state index contributed by atoms with van der Waals surface area (Å²) in [6, 6.07) is 4.74. The molecule has 10 nitrogen and oxygen atoms in total. The highest BCUT2D eigenvalue weighted by Crippen LogP contribution is 2.12. The van der Waals surface area contributed by atoms with Gasteiger partial charge in [0.05, 0.1) is 11.0 Å². The Bertz CT molecular complexity index is 1700. The second-order valence-corrected chi connectivity index (χ2v) is 6.29. The lowest BCUT2D eigenvalue weighted by Crippen LogP contribution is -2.26. The molecular formula is C18H8N4O6. The minimum Gasteiger partial charge on any atom is -0.349 e. The molecule has 28 heavy (non-hydrogen) atoms. The molecule has 0 aliphatic heterocycles. The molecule has 2 aromatic heterocycles. The van der Waals surface area contributed by atoms with E-state index in [0.29, 0.717) is 0 Å². The summed E-state index contributed by atoms with van der Waals surface area (Å²) in [5.74, 6) is 0. The number of hydrogen-bond donors (Lipinski definition) is 4. The number of benzene rings is 3. The van der Waals surface area contributed by atoms with Gasteiger partial charge in [0.2, 0.25) is 21.7 Å². The summed E-state index contributed by atoms with van der Waals surface area (Å²) >= 11 is 0. The van der Waals surface area contributed by atoms with Crippen molar-refractivity contribution in [3.05, 3.63) is 85.6 Å². The molecule has 0 saturated carbocycles. The van der Waals surface area contributed by atoms with Crippen LogP contribution in [0.5, 0.6) is 0 Å². The Balaban J connectivity index is 2.10. The summed E-state index contributed by atoms with van der Waals surface area (Å²) in [6.07, 6.45) is 0. The fourth-order valence-corrected chi connectivity index (χ4v) is 3.28. The molecule has 0 spiro atoms. The summed E-state index contributed by atoms with van der Waals surface area (Å²) in [5.41, 5.74) is -5.08. The van der Waals surface area contributed by atoms with Crippen LogP contribution in [0.25, 0.3) is 44.1 Å². The van der Waals surface area contributed by atoms with Gasteiger partial charge in [0.15, 0.2) is 0 Å². The van der Waals surface area contributed by atoms with E-state index >= 15 is 0 Å². The molecule has 0 saturated heterocycles. The number of nitrogens with one attached hydrogen (secondary N) is 4. The lowest BCUT2D eigenvalue weighted by Gasteiger charge is -2.06. The van der Waals surface area contributed by atoms with Gasteiger partial charge in [-0.1, -0.05) is 0 Å². The van der Waals surface area contributed by atoms with E-state index in [2.05, 4.69) is 19.9 Å². The topological polar surface area (TPSA) is 166 Å². The van der Waals surface area contributed by atoms with Gasteiger partial charge in [-0.15, -0.1) is 0 Å². The van der Waals surface area contributed by atoms with Gasteiger partial charge in [-0.2, -0.15) is 0 Å². The largest absolute Gasteiger partial charge is 0.349 e. The molecule has 0 atom stereocenters. The predicted molar refractivity (Wildman–Crippen MR) is 103 cm³/mol. The first kappa shape index (κ1) is 15.9. The molecule has 0 amide bonds. The molecule has 10 heteroatoms. The van der Waals surface area contributed by atoms with Crippen LogP contribution in [0.4, 0.5) is 0 Å². The summed E-state index contributed by atoms with van der Waals surface area (Å²) in [7, 11) is 0. The van der Waals surface area contributed by atoms with E-state index in [1.807, 2.05) is 0 Å². The van der Waals surface area contributed by atoms with Crippen LogP contribution in [0.3, 0.4) is 0 Å². The molecule has 0 fully saturated rings. The number of H-pyrrole nitrogens is 4. The Kier molecular flexibility index (Phi) is 2.89. The Morgan fingerprint density at radius 1 is 0.393 bits per heavy atom. The van der Waals surface area contributed by atoms with E-state index < -0.39 is 32.6 Å². The average Bonchev–Trinajstić information content (AvgIpc) is 2.70. The van der Waals surface area contributed by atoms with Gasteiger partial charge >= 0.3 is 0 Å². The van der Waals surface area contributed by atoms with Crippen molar-refractivity contribution >= 4 is 44.1 Å². The number of hydrogen-bond acceptors (Lipinski definition) is 6. The minimum atomic E-state index is -0.837. The van der Waals surface area contributed by atoms with Crippen molar-refractivity contribution in [2.75, 3.05) is 0 Å². The Hall–Kier alpha value is -4.34. The minimum absolute atomic E-state index is 0.126. The van der Waals surface area contributed by atoms with Crippen molar-refractivity contribution in [3.63, 3.8) is 0 Å². The van der Waals surface area contributed by atoms with Gasteiger partial charge in [0.1, 0.15) is 33.1 Å². The first-order valence-corrected chi connectivity index (χ1v) is 8.05. The Morgan fingerprint density at radius 2 is 0.750 bits per heavy atom. The number of rotatable bonds is 0. The molecule has 4 N–H and O–H groups in total. The monoisotopic (exact) mass is 376 g/mol. The van der Waals surface area contributed by atoms with Crippen molar-refractivity contribution in [1.29, 1.82) is 0 Å². The maximum absolute atomic E-state index is 12.9. The molecule has 3 aromatic carbocycles. The second kappa shape index (κ2) is 5.10. The third-order valence-corrected chi connectivity index (χ3v) is 4.67. The molecule has 0 radical (unpaired) electrons. The van der Waals surface area contributed by atoms with Crippen LogP contribution in [0.15, 0.2) is 53.0 Å². The van der Waals surface area contributed by atoms with Crippen molar-refractivity contribution in [1.82, 2.24) is 19.9 Å². The summed E-state index contributed by atoms with van der Waals surface area (Å²) in [5, 5.41) is 0. The predicted octanol–water partition coefficient (Wildman–Crippen LogP) is -0.789. The zero-order valence-corrected chi connectivity index (χ0v) is 13.8. The smallest absolute Gasteiger partial charge is 0.251 e. The van der Waals surface area contributed by atoms with Crippen molar-refractivity contribution in [2.24, 2.45) is 0 Å². The number of aromatic nitrogens is 4. The first-order valence-electron chi connectivity index (χ1n) is 8.05. The molecule has 0 aliphatic carbocycles. The zero-order chi connectivity index (χ0) is 19.7. The van der Waals surface area contributed by atoms with Gasteiger partial charge < -0.3 is 19.9 Å². The highest BCUT2D eigenvalue weighted by Gasteiger charge is 2.16. The molecular weight excluding hydrogens is 368 g/mol. The quantitative estimate of drug-likeness (QED) is 0.204. The van der Waals surface area contributed by atoms with E-state index in [9.17, 15) is 28.8 Å². The van der Waals surface area contributed by atoms with Crippen molar-refractivity contribution in [2.45, 2.75) is 0 Å². The van der Waals surface area contributed by atoms with E-state index in [1.165, 1.54) is 12.1 Å². The maximum Gasteiger partial charge on any atom is 0.251 e. The van der Waals surface area contributed by atoms with E-state index in [0.717, 1.165) is 12.1 Å². The maximum atomic E-state index is 12.9. The zero-order valence-electron chi connectivity index (χ0n) is 13.8. The van der Waals surface area contributed by atoms with Gasteiger partial charge in [-0.3, -0.25) is 28.8 Å². The van der Waals surface area contributed by atoms with Gasteiger partial charge in [0.25, 0.3) is 10.9 Å². The lowest BCUT2D eigenvalue weighted by molar-refractivity contribution is 1.30. The third kappa shape index (κ3) is 1.91. The van der Waals surface area contributed by atoms with Crippen LogP contribution >= 0.6 is 0 Å². The average molecular weight is 376 g/mol. The fourth-order valence-electron chi connectivity index (χ4n) is 3.28. The number of aromatic amines is 4. The second-order valence-electron chi connectivity index (χ2n) is 6.29. The Morgan fingerprint density at radius 3 is 1.14 bits per heavy atom.